The van der Waals surface area contributed by atoms with Gasteiger partial charge in [0.05, 0.1) is 16.9 Å². The molecule has 2 aromatic rings. The van der Waals surface area contributed by atoms with Crippen molar-refractivity contribution in [1.82, 2.24) is 4.90 Å². The van der Waals surface area contributed by atoms with Crippen molar-refractivity contribution < 1.29 is 9.90 Å². The van der Waals surface area contributed by atoms with Crippen LogP contribution in [-0.4, -0.2) is 41.1 Å². The number of amides is 1. The molecule has 1 aliphatic rings. The fourth-order valence-electron chi connectivity index (χ4n) is 3.58. The summed E-state index contributed by atoms with van der Waals surface area (Å²) in [7, 11) is 0. The molecule has 2 aromatic carbocycles. The van der Waals surface area contributed by atoms with Gasteiger partial charge in [-0.1, -0.05) is 48.9 Å². The number of piperidine rings is 1. The van der Waals surface area contributed by atoms with E-state index in [-0.39, 0.29) is 11.3 Å². The number of nitrogens with zero attached hydrogens (tertiary/aromatic N) is 1. The molecule has 1 fully saturated rings. The van der Waals surface area contributed by atoms with Gasteiger partial charge in [-0.25, -0.2) is 0 Å². The summed E-state index contributed by atoms with van der Waals surface area (Å²) in [6, 6.07) is 17.0. The van der Waals surface area contributed by atoms with Crippen molar-refractivity contribution in [2.24, 2.45) is 5.92 Å². The van der Waals surface area contributed by atoms with Crippen LogP contribution in [0.1, 0.15) is 30.7 Å². The minimum absolute atomic E-state index is 0.0852. The Labute approximate surface area is 176 Å². The zero-order valence-corrected chi connectivity index (χ0v) is 17.5. The summed E-state index contributed by atoms with van der Waals surface area (Å²) in [6.45, 7) is 3.94. The van der Waals surface area contributed by atoms with Crippen molar-refractivity contribution >= 4 is 34.8 Å². The van der Waals surface area contributed by atoms with E-state index in [0.717, 1.165) is 12.1 Å². The van der Waals surface area contributed by atoms with Crippen molar-refractivity contribution in [3.8, 4) is 0 Å². The van der Waals surface area contributed by atoms with Crippen LogP contribution in [0.2, 0.25) is 5.02 Å². The number of hydrogen-bond donors (Lipinski definition) is 2. The van der Waals surface area contributed by atoms with Gasteiger partial charge in [-0.2, -0.15) is 0 Å². The van der Waals surface area contributed by atoms with E-state index in [1.807, 2.05) is 30.3 Å². The lowest BCUT2D eigenvalue weighted by Crippen LogP contribution is -2.51. The van der Waals surface area contributed by atoms with Gasteiger partial charge in [-0.15, -0.1) is 11.6 Å². The predicted molar refractivity (Wildman–Crippen MR) is 115 cm³/mol. The fraction of sp³-hybridized carbons (Fsp3) is 0.409. The Morgan fingerprint density at radius 2 is 1.75 bits per heavy atom. The lowest BCUT2D eigenvalue weighted by atomic mass is 9.80. The number of carbonyl (C=O) groups is 1. The molecule has 1 saturated heterocycles. The standard InChI is InChI=1S/C22H26Cl2N2O2/c1-16(21(27)25-19-9-7-18(23)8-10-19)22(28)11-13-26(14-12-22)15-20(24)17-5-3-2-4-6-17/h2-10,16,20,28H,11-15H2,1H3,(H,25,27). The number of nitrogens with one attached hydrogen (secondary N) is 1. The number of anilines is 1. The third-order valence-electron chi connectivity index (χ3n) is 5.61. The number of benzene rings is 2. The molecule has 150 valence electrons. The average Bonchev–Trinajstić information content (AvgIpc) is 2.71. The molecule has 0 saturated carbocycles. The molecule has 4 nitrogen and oxygen atoms in total. The van der Waals surface area contributed by atoms with Crippen LogP contribution in [0, 0.1) is 5.92 Å². The van der Waals surface area contributed by atoms with E-state index in [1.54, 1.807) is 31.2 Å². The molecule has 2 N–H and O–H groups in total. The summed E-state index contributed by atoms with van der Waals surface area (Å²) in [5.74, 6) is -0.691. The molecule has 1 aliphatic heterocycles. The van der Waals surface area contributed by atoms with Crippen molar-refractivity contribution in [3.05, 3.63) is 65.2 Å². The summed E-state index contributed by atoms with van der Waals surface area (Å²) < 4.78 is 0. The Bertz CT molecular complexity index is 775. The lowest BCUT2D eigenvalue weighted by Gasteiger charge is -2.41. The van der Waals surface area contributed by atoms with Crippen LogP contribution >= 0.6 is 23.2 Å². The van der Waals surface area contributed by atoms with E-state index in [4.69, 9.17) is 23.2 Å². The molecule has 3 rings (SSSR count). The zero-order chi connectivity index (χ0) is 20.1. The van der Waals surface area contributed by atoms with Gasteiger partial charge in [0.25, 0.3) is 0 Å². The van der Waals surface area contributed by atoms with Gasteiger partial charge >= 0.3 is 0 Å². The Balaban J connectivity index is 1.53. The Morgan fingerprint density at radius 1 is 1.14 bits per heavy atom. The average molecular weight is 421 g/mol. The molecule has 0 radical (unpaired) electrons. The van der Waals surface area contributed by atoms with Crippen molar-refractivity contribution in [1.29, 1.82) is 0 Å². The smallest absolute Gasteiger partial charge is 0.230 e. The van der Waals surface area contributed by atoms with Gasteiger partial charge in [0.2, 0.25) is 5.91 Å². The first-order valence-electron chi connectivity index (χ1n) is 9.57. The summed E-state index contributed by atoms with van der Waals surface area (Å²) in [5.41, 5.74) is 0.762. The predicted octanol–water partition coefficient (Wildman–Crippen LogP) is 4.72. The van der Waals surface area contributed by atoms with Gasteiger partial charge in [-0.3, -0.25) is 4.79 Å². The van der Waals surface area contributed by atoms with E-state index in [0.29, 0.717) is 36.6 Å². The maximum Gasteiger partial charge on any atom is 0.230 e. The van der Waals surface area contributed by atoms with Crippen LogP contribution in [-0.2, 0) is 4.79 Å². The van der Waals surface area contributed by atoms with E-state index < -0.39 is 11.5 Å². The van der Waals surface area contributed by atoms with E-state index in [9.17, 15) is 9.90 Å². The lowest BCUT2D eigenvalue weighted by molar-refractivity contribution is -0.132. The van der Waals surface area contributed by atoms with Crippen LogP contribution in [0.15, 0.2) is 54.6 Å². The highest BCUT2D eigenvalue weighted by Gasteiger charge is 2.41. The topological polar surface area (TPSA) is 52.6 Å². The normalized spacial score (nSPS) is 19.0. The second-order valence-electron chi connectivity index (χ2n) is 7.50. The van der Waals surface area contributed by atoms with Crippen molar-refractivity contribution in [2.75, 3.05) is 25.0 Å². The third kappa shape index (κ3) is 5.26. The second-order valence-corrected chi connectivity index (χ2v) is 8.46. The summed E-state index contributed by atoms with van der Waals surface area (Å²) in [6.07, 6.45) is 1.08. The largest absolute Gasteiger partial charge is 0.389 e. The molecule has 2 unspecified atom stereocenters. The zero-order valence-electron chi connectivity index (χ0n) is 15.9. The van der Waals surface area contributed by atoms with Crippen LogP contribution in [0.4, 0.5) is 5.69 Å². The Morgan fingerprint density at radius 3 is 2.36 bits per heavy atom. The highest BCUT2D eigenvalue weighted by Crippen LogP contribution is 2.32. The quantitative estimate of drug-likeness (QED) is 0.664. The summed E-state index contributed by atoms with van der Waals surface area (Å²) >= 11 is 12.4. The molecular formula is C22H26Cl2N2O2. The van der Waals surface area contributed by atoms with Gasteiger partial charge in [0.1, 0.15) is 0 Å². The van der Waals surface area contributed by atoms with E-state index in [2.05, 4.69) is 10.2 Å². The monoisotopic (exact) mass is 420 g/mol. The Hall–Kier alpha value is -1.59. The maximum absolute atomic E-state index is 12.6. The molecule has 6 heteroatoms. The van der Waals surface area contributed by atoms with Crippen LogP contribution < -0.4 is 5.32 Å². The number of hydrogen-bond acceptors (Lipinski definition) is 3. The molecule has 0 aromatic heterocycles. The molecule has 0 spiro atoms. The summed E-state index contributed by atoms with van der Waals surface area (Å²) in [4.78, 5) is 14.9. The number of aliphatic hydroxyl groups is 1. The van der Waals surface area contributed by atoms with Crippen molar-refractivity contribution in [2.45, 2.75) is 30.7 Å². The number of alkyl halides is 1. The minimum atomic E-state index is -1.01. The van der Waals surface area contributed by atoms with Gasteiger partial charge in [0.15, 0.2) is 0 Å². The van der Waals surface area contributed by atoms with Crippen LogP contribution in [0.5, 0.6) is 0 Å². The first-order valence-corrected chi connectivity index (χ1v) is 10.4. The van der Waals surface area contributed by atoms with Gasteiger partial charge in [-0.05, 0) is 42.7 Å². The van der Waals surface area contributed by atoms with Crippen LogP contribution in [0.3, 0.4) is 0 Å². The van der Waals surface area contributed by atoms with Gasteiger partial charge in [0, 0.05) is 30.3 Å². The first kappa shape index (κ1) is 21.1. The number of carbonyl (C=O) groups excluding carboxylic acids is 1. The molecular weight excluding hydrogens is 395 g/mol. The third-order valence-corrected chi connectivity index (χ3v) is 6.25. The Kier molecular flexibility index (Phi) is 7.00. The summed E-state index contributed by atoms with van der Waals surface area (Å²) in [5, 5.41) is 14.5. The second kappa shape index (κ2) is 9.27. The van der Waals surface area contributed by atoms with Gasteiger partial charge < -0.3 is 15.3 Å². The number of rotatable bonds is 6. The number of likely N-dealkylation sites (tertiary alicyclic amines) is 1. The SMILES string of the molecule is CC(C(=O)Nc1ccc(Cl)cc1)C1(O)CCN(CC(Cl)c2ccccc2)CC1. The van der Waals surface area contributed by atoms with Crippen LogP contribution in [0.25, 0.3) is 0 Å². The molecule has 1 amide bonds. The maximum atomic E-state index is 12.6. The highest BCUT2D eigenvalue weighted by molar-refractivity contribution is 6.30. The molecule has 0 bridgehead atoms. The van der Waals surface area contributed by atoms with E-state index >= 15 is 0 Å². The van der Waals surface area contributed by atoms with E-state index in [1.165, 1.54) is 0 Å². The molecule has 28 heavy (non-hydrogen) atoms. The molecule has 2 atom stereocenters. The number of halogens is 2. The van der Waals surface area contributed by atoms with Crippen molar-refractivity contribution in [3.63, 3.8) is 0 Å². The highest BCUT2D eigenvalue weighted by atomic mass is 35.5. The first-order chi connectivity index (χ1) is 13.4. The minimum Gasteiger partial charge on any atom is -0.389 e. The fourth-order valence-corrected chi connectivity index (χ4v) is 4.04. The molecule has 0 aliphatic carbocycles. The molecule has 1 heterocycles.